The van der Waals surface area contributed by atoms with E-state index in [1.807, 2.05) is 54.6 Å². The Bertz CT molecular complexity index is 1390. The highest BCUT2D eigenvalue weighted by atomic mass is 16.5. The Morgan fingerprint density at radius 3 is 2.41 bits per heavy atom. The molecule has 0 radical (unpaired) electrons. The molecule has 7 nitrogen and oxygen atoms in total. The smallest absolute Gasteiger partial charge is 0.285 e. The van der Waals surface area contributed by atoms with E-state index in [1.54, 1.807) is 26.4 Å². The van der Waals surface area contributed by atoms with E-state index >= 15 is 0 Å². The molecule has 1 aliphatic carbocycles. The van der Waals surface area contributed by atoms with Crippen LogP contribution in [0.5, 0.6) is 11.5 Å². The summed E-state index contributed by atoms with van der Waals surface area (Å²) in [4.78, 5) is 13.7. The van der Waals surface area contributed by atoms with E-state index in [4.69, 9.17) is 19.0 Å². The number of carbonyl (C=O) groups excluding carboxylic acids is 1. The van der Waals surface area contributed by atoms with Crippen LogP contribution < -0.4 is 9.47 Å². The summed E-state index contributed by atoms with van der Waals surface area (Å²) >= 11 is 0. The Labute approximate surface area is 215 Å². The van der Waals surface area contributed by atoms with Gasteiger partial charge in [0.05, 0.1) is 32.2 Å². The third-order valence-corrected chi connectivity index (χ3v) is 6.80. The molecule has 0 bridgehead atoms. The predicted octanol–water partition coefficient (Wildman–Crippen LogP) is 6.03. The molecule has 3 aromatic rings. The average Bonchev–Trinajstić information content (AvgIpc) is 3.60. The highest BCUT2D eigenvalue weighted by Gasteiger charge is 2.44. The number of allylic oxidation sites excluding steroid dienone is 1. The van der Waals surface area contributed by atoms with Gasteiger partial charge in [0, 0.05) is 12.0 Å². The predicted molar refractivity (Wildman–Crippen MR) is 141 cm³/mol. The zero-order chi connectivity index (χ0) is 25.8. The molecule has 0 unspecified atom stereocenters. The first-order chi connectivity index (χ1) is 18.1. The lowest BCUT2D eigenvalue weighted by Crippen LogP contribution is -2.32. The van der Waals surface area contributed by atoms with Crippen molar-refractivity contribution in [2.24, 2.45) is 11.0 Å². The van der Waals surface area contributed by atoms with Crippen LogP contribution in [0.4, 0.5) is 0 Å². The van der Waals surface area contributed by atoms with Crippen molar-refractivity contribution in [1.29, 1.82) is 5.26 Å². The molecule has 2 heterocycles. The van der Waals surface area contributed by atoms with Gasteiger partial charge in [0.2, 0.25) is 0 Å². The molecule has 186 valence electrons. The normalized spacial score (nSPS) is 20.2. The second-order valence-electron chi connectivity index (χ2n) is 8.98. The lowest BCUT2D eigenvalue weighted by molar-refractivity contribution is -0.129. The quantitative estimate of drug-likeness (QED) is 0.309. The fourth-order valence-electron chi connectivity index (χ4n) is 4.98. The molecule has 2 atom stereocenters. The molecule has 1 aliphatic heterocycles. The van der Waals surface area contributed by atoms with Gasteiger partial charge in [-0.05, 0) is 78.4 Å². The molecular formula is C30H27N3O4. The molecule has 1 amide bonds. The van der Waals surface area contributed by atoms with Crippen molar-refractivity contribution in [2.45, 2.75) is 25.3 Å². The highest BCUT2D eigenvalue weighted by Crippen LogP contribution is 2.45. The number of nitrogens with zero attached hydrogens (tertiary/aromatic N) is 3. The van der Waals surface area contributed by atoms with E-state index in [1.165, 1.54) is 17.3 Å². The van der Waals surface area contributed by atoms with Crippen molar-refractivity contribution in [3.8, 4) is 17.6 Å². The number of hydrogen-bond donors (Lipinski definition) is 0. The van der Waals surface area contributed by atoms with Crippen molar-refractivity contribution in [1.82, 2.24) is 5.01 Å². The largest absolute Gasteiger partial charge is 0.497 e. The first kappa shape index (κ1) is 24.1. The summed E-state index contributed by atoms with van der Waals surface area (Å²) in [5, 5.41) is 16.2. The Hall–Kier alpha value is -4.57. The number of ether oxygens (including phenoxy) is 2. The molecule has 37 heavy (non-hydrogen) atoms. The summed E-state index contributed by atoms with van der Waals surface area (Å²) in [5.41, 5.74) is 3.95. The van der Waals surface area contributed by atoms with Gasteiger partial charge < -0.3 is 13.9 Å². The molecular weight excluding hydrogens is 466 g/mol. The van der Waals surface area contributed by atoms with Crippen molar-refractivity contribution in [3.63, 3.8) is 0 Å². The summed E-state index contributed by atoms with van der Waals surface area (Å²) < 4.78 is 16.0. The minimum absolute atomic E-state index is 0.0131. The summed E-state index contributed by atoms with van der Waals surface area (Å²) in [6, 6.07) is 20.7. The number of nitriles is 1. The second kappa shape index (κ2) is 10.6. The topological polar surface area (TPSA) is 88.1 Å². The van der Waals surface area contributed by atoms with Crippen LogP contribution in [-0.4, -0.2) is 30.8 Å². The van der Waals surface area contributed by atoms with Crippen molar-refractivity contribution in [2.75, 3.05) is 14.2 Å². The number of rotatable bonds is 6. The van der Waals surface area contributed by atoms with Crippen LogP contribution in [0.1, 0.15) is 42.2 Å². The number of amides is 1. The maximum atomic E-state index is 13.7. The van der Waals surface area contributed by atoms with E-state index in [0.29, 0.717) is 5.76 Å². The Balaban J connectivity index is 1.56. The fraction of sp³-hybridized carbons (Fsp3) is 0.233. The second-order valence-corrected chi connectivity index (χ2v) is 8.98. The van der Waals surface area contributed by atoms with Gasteiger partial charge in [0.1, 0.15) is 28.9 Å². The van der Waals surface area contributed by atoms with Gasteiger partial charge in [-0.2, -0.15) is 10.4 Å². The lowest BCUT2D eigenvalue weighted by Gasteiger charge is -2.29. The first-order valence-electron chi connectivity index (χ1n) is 12.2. The maximum Gasteiger partial charge on any atom is 0.285 e. The number of hydrogen-bond acceptors (Lipinski definition) is 6. The third-order valence-electron chi connectivity index (χ3n) is 6.80. The SMILES string of the molecule is COc1ccc(/C=C2\CCC[C@H]3C2=NN(C(=O)/C(C#N)=C/c2ccco2)[C@@H]3c2ccc(OC)cc2)cc1. The number of furan rings is 1. The first-order valence-corrected chi connectivity index (χ1v) is 12.2. The number of benzene rings is 2. The van der Waals surface area contributed by atoms with E-state index in [0.717, 1.165) is 53.2 Å². The minimum atomic E-state index is -0.453. The zero-order valence-electron chi connectivity index (χ0n) is 20.8. The fourth-order valence-corrected chi connectivity index (χ4v) is 4.98. The van der Waals surface area contributed by atoms with Crippen molar-refractivity contribution >= 4 is 23.8 Å². The van der Waals surface area contributed by atoms with E-state index in [2.05, 4.69) is 6.08 Å². The molecule has 1 aromatic heterocycles. The van der Waals surface area contributed by atoms with Crippen LogP contribution in [-0.2, 0) is 4.79 Å². The van der Waals surface area contributed by atoms with E-state index in [9.17, 15) is 10.1 Å². The van der Waals surface area contributed by atoms with Gasteiger partial charge in [-0.3, -0.25) is 4.79 Å². The lowest BCUT2D eigenvalue weighted by atomic mass is 9.77. The minimum Gasteiger partial charge on any atom is -0.497 e. The van der Waals surface area contributed by atoms with Crippen molar-refractivity contribution in [3.05, 3.63) is 95.0 Å². The van der Waals surface area contributed by atoms with E-state index < -0.39 is 5.91 Å². The van der Waals surface area contributed by atoms with Crippen molar-refractivity contribution < 1.29 is 18.7 Å². The molecule has 2 aliphatic rings. The molecule has 1 fully saturated rings. The maximum absolute atomic E-state index is 13.7. The highest BCUT2D eigenvalue weighted by molar-refractivity contribution is 6.10. The molecule has 7 heteroatoms. The van der Waals surface area contributed by atoms with Gasteiger partial charge in [-0.25, -0.2) is 5.01 Å². The monoisotopic (exact) mass is 493 g/mol. The standard InChI is InChI=1S/C30H27N3O4/c1-35-24-12-8-20(9-13-24)17-22-5-3-7-27-28(22)32-33(29(27)21-10-14-25(36-2)15-11-21)30(34)23(19-31)18-26-6-4-16-37-26/h4,6,8-18,27,29H,3,5,7H2,1-2H3/b22-17+,23-18+/t27-,29+/m0/s1. The molecule has 0 N–H and O–H groups in total. The summed E-state index contributed by atoms with van der Waals surface area (Å²) in [6.07, 6.45) is 7.84. The van der Waals surface area contributed by atoms with Gasteiger partial charge in [-0.1, -0.05) is 24.3 Å². The summed E-state index contributed by atoms with van der Waals surface area (Å²) in [6.45, 7) is 0. The average molecular weight is 494 g/mol. The third kappa shape index (κ3) is 4.91. The zero-order valence-corrected chi connectivity index (χ0v) is 20.8. The Morgan fingerprint density at radius 2 is 1.78 bits per heavy atom. The van der Waals surface area contributed by atoms with Gasteiger partial charge >= 0.3 is 0 Å². The molecule has 0 saturated heterocycles. The van der Waals surface area contributed by atoms with E-state index in [-0.39, 0.29) is 17.5 Å². The van der Waals surface area contributed by atoms with Crippen LogP contribution in [0, 0.1) is 17.2 Å². The Kier molecular flexibility index (Phi) is 6.91. The number of methoxy groups -OCH3 is 2. The van der Waals surface area contributed by atoms with Crippen LogP contribution in [0.3, 0.4) is 0 Å². The number of carbonyl (C=O) groups is 1. The van der Waals surface area contributed by atoms with Crippen LogP contribution in [0.25, 0.3) is 12.2 Å². The van der Waals surface area contributed by atoms with Gasteiger partial charge in [0.15, 0.2) is 0 Å². The summed E-state index contributed by atoms with van der Waals surface area (Å²) in [7, 11) is 3.27. The van der Waals surface area contributed by atoms with Crippen LogP contribution >= 0.6 is 0 Å². The molecule has 0 spiro atoms. The van der Waals surface area contributed by atoms with Crippen LogP contribution in [0.2, 0.25) is 0 Å². The summed E-state index contributed by atoms with van der Waals surface area (Å²) in [5.74, 6) is 1.53. The molecule has 2 aromatic carbocycles. The number of hydrazone groups is 1. The number of fused-ring (bicyclic) bond motifs is 1. The van der Waals surface area contributed by atoms with Gasteiger partial charge in [0.25, 0.3) is 5.91 Å². The van der Waals surface area contributed by atoms with Crippen LogP contribution in [0.15, 0.2) is 87.6 Å². The van der Waals surface area contributed by atoms with Gasteiger partial charge in [-0.15, -0.1) is 0 Å². The Morgan fingerprint density at radius 1 is 1.08 bits per heavy atom. The molecule has 1 saturated carbocycles. The molecule has 5 rings (SSSR count).